The van der Waals surface area contributed by atoms with E-state index in [0.29, 0.717) is 11.6 Å². The van der Waals surface area contributed by atoms with Gasteiger partial charge in [0.1, 0.15) is 0 Å². The molecule has 0 aliphatic heterocycles. The molecule has 1 heterocycles. The van der Waals surface area contributed by atoms with E-state index in [1.165, 1.54) is 20.0 Å². The van der Waals surface area contributed by atoms with Crippen molar-refractivity contribution in [2.75, 3.05) is 7.11 Å². The van der Waals surface area contributed by atoms with Gasteiger partial charge in [-0.3, -0.25) is 0 Å². The van der Waals surface area contributed by atoms with Gasteiger partial charge in [0.05, 0.1) is 17.0 Å². The summed E-state index contributed by atoms with van der Waals surface area (Å²) in [5, 5.41) is 1.06. The molecule has 0 unspecified atom stereocenters. The van der Waals surface area contributed by atoms with Crippen molar-refractivity contribution >= 4 is 17.3 Å². The summed E-state index contributed by atoms with van der Waals surface area (Å²) in [4.78, 5) is 17.2. The molecule has 18 heavy (non-hydrogen) atoms. The van der Waals surface area contributed by atoms with E-state index in [1.807, 2.05) is 30.3 Å². The molecule has 1 aromatic carbocycles. The Morgan fingerprint density at radius 3 is 2.67 bits per heavy atom. The maximum absolute atomic E-state index is 11.8. The second-order valence-corrected chi connectivity index (χ2v) is 5.39. The van der Waals surface area contributed by atoms with Crippen LogP contribution in [0.1, 0.15) is 34.3 Å². The zero-order valence-corrected chi connectivity index (χ0v) is 10.9. The molecule has 1 saturated carbocycles. The Hall–Kier alpha value is -1.68. The van der Waals surface area contributed by atoms with Crippen molar-refractivity contribution in [2.24, 2.45) is 0 Å². The van der Waals surface area contributed by atoms with Gasteiger partial charge in [0, 0.05) is 5.92 Å². The first-order valence-electron chi connectivity index (χ1n) is 5.94. The molecule has 0 amide bonds. The van der Waals surface area contributed by atoms with Gasteiger partial charge in [-0.15, -0.1) is 11.3 Å². The minimum absolute atomic E-state index is 0.350. The maximum atomic E-state index is 11.8. The number of carbonyl (C=O) groups is 1. The molecule has 1 aliphatic rings. The lowest BCUT2D eigenvalue weighted by Gasteiger charge is -1.99. The lowest BCUT2D eigenvalue weighted by Crippen LogP contribution is -2.03. The highest BCUT2D eigenvalue weighted by molar-refractivity contribution is 7.15. The zero-order chi connectivity index (χ0) is 12.5. The number of ether oxygens (including phenoxy) is 1. The van der Waals surface area contributed by atoms with Gasteiger partial charge in [0.25, 0.3) is 0 Å². The number of hydrogen-bond donors (Lipinski definition) is 0. The van der Waals surface area contributed by atoms with Gasteiger partial charge in [-0.1, -0.05) is 30.3 Å². The predicted octanol–water partition coefficient (Wildman–Crippen LogP) is 3.47. The average Bonchev–Trinajstić information content (AvgIpc) is 3.18. The molecule has 2 aromatic rings. The Morgan fingerprint density at radius 1 is 1.33 bits per heavy atom. The van der Waals surface area contributed by atoms with Crippen LogP contribution in [-0.2, 0) is 4.74 Å². The highest BCUT2D eigenvalue weighted by Crippen LogP contribution is 2.44. The number of nitrogens with zero attached hydrogens (tertiary/aromatic N) is 1. The van der Waals surface area contributed by atoms with Crippen LogP contribution in [0.15, 0.2) is 30.3 Å². The SMILES string of the molecule is COC(=O)c1nc(C2CC2)sc1-c1ccccc1. The predicted molar refractivity (Wildman–Crippen MR) is 70.9 cm³/mol. The molecule has 4 heteroatoms. The standard InChI is InChI=1S/C14H13NO2S/c1-17-14(16)11-12(9-5-3-2-4-6-9)18-13(15-11)10-7-8-10/h2-6,10H,7-8H2,1H3. The number of carbonyl (C=O) groups excluding carboxylic acids is 1. The van der Waals surface area contributed by atoms with Crippen molar-refractivity contribution in [3.63, 3.8) is 0 Å². The Kier molecular flexibility index (Phi) is 2.88. The van der Waals surface area contributed by atoms with E-state index in [4.69, 9.17) is 4.74 Å². The molecular formula is C14H13NO2S. The van der Waals surface area contributed by atoms with Crippen LogP contribution in [0.5, 0.6) is 0 Å². The van der Waals surface area contributed by atoms with E-state index in [-0.39, 0.29) is 5.97 Å². The fourth-order valence-corrected chi connectivity index (χ4v) is 3.09. The lowest BCUT2D eigenvalue weighted by atomic mass is 10.1. The van der Waals surface area contributed by atoms with E-state index >= 15 is 0 Å². The quantitative estimate of drug-likeness (QED) is 0.792. The van der Waals surface area contributed by atoms with Gasteiger partial charge in [0.2, 0.25) is 0 Å². The third-order valence-corrected chi connectivity index (χ3v) is 4.25. The van der Waals surface area contributed by atoms with Gasteiger partial charge in [-0.25, -0.2) is 9.78 Å². The molecule has 92 valence electrons. The van der Waals surface area contributed by atoms with E-state index in [1.54, 1.807) is 11.3 Å². The molecule has 0 spiro atoms. The number of aromatic nitrogens is 1. The minimum Gasteiger partial charge on any atom is -0.464 e. The maximum Gasteiger partial charge on any atom is 0.358 e. The number of esters is 1. The fraction of sp³-hybridized carbons (Fsp3) is 0.286. The van der Waals surface area contributed by atoms with Crippen molar-refractivity contribution in [3.8, 4) is 10.4 Å². The Bertz CT molecular complexity index is 573. The first-order valence-corrected chi connectivity index (χ1v) is 6.75. The largest absolute Gasteiger partial charge is 0.464 e. The van der Waals surface area contributed by atoms with Crippen molar-refractivity contribution in [1.29, 1.82) is 0 Å². The summed E-state index contributed by atoms with van der Waals surface area (Å²) in [6, 6.07) is 9.89. The summed E-state index contributed by atoms with van der Waals surface area (Å²) in [6.45, 7) is 0. The van der Waals surface area contributed by atoms with Crippen molar-refractivity contribution in [3.05, 3.63) is 41.0 Å². The third-order valence-electron chi connectivity index (χ3n) is 2.99. The van der Waals surface area contributed by atoms with Crippen LogP contribution in [-0.4, -0.2) is 18.1 Å². The molecule has 0 bridgehead atoms. The number of thiazole rings is 1. The number of methoxy groups -OCH3 is 1. The van der Waals surface area contributed by atoms with Crippen LogP contribution in [0.4, 0.5) is 0 Å². The van der Waals surface area contributed by atoms with Crippen LogP contribution in [0, 0.1) is 0 Å². The molecule has 0 saturated heterocycles. The fourth-order valence-electron chi connectivity index (χ4n) is 1.86. The van der Waals surface area contributed by atoms with Crippen molar-refractivity contribution in [2.45, 2.75) is 18.8 Å². The summed E-state index contributed by atoms with van der Waals surface area (Å²) in [7, 11) is 1.40. The monoisotopic (exact) mass is 259 g/mol. The van der Waals surface area contributed by atoms with Crippen LogP contribution >= 0.6 is 11.3 Å². The van der Waals surface area contributed by atoms with E-state index < -0.39 is 0 Å². The molecule has 1 fully saturated rings. The van der Waals surface area contributed by atoms with Crippen LogP contribution in [0.2, 0.25) is 0 Å². The van der Waals surface area contributed by atoms with E-state index in [2.05, 4.69) is 4.98 Å². The molecular weight excluding hydrogens is 246 g/mol. The second kappa shape index (κ2) is 4.53. The summed E-state index contributed by atoms with van der Waals surface area (Å²) < 4.78 is 4.82. The first-order chi connectivity index (χ1) is 8.79. The van der Waals surface area contributed by atoms with E-state index in [9.17, 15) is 4.79 Å². The molecule has 0 atom stereocenters. The molecule has 3 nitrogen and oxygen atoms in total. The molecule has 1 aromatic heterocycles. The molecule has 1 aliphatic carbocycles. The topological polar surface area (TPSA) is 39.2 Å². The normalized spacial score (nSPS) is 14.5. The first kappa shape index (κ1) is 11.4. The highest BCUT2D eigenvalue weighted by atomic mass is 32.1. The average molecular weight is 259 g/mol. The summed E-state index contributed by atoms with van der Waals surface area (Å²) in [5.41, 5.74) is 1.48. The van der Waals surface area contributed by atoms with Gasteiger partial charge >= 0.3 is 5.97 Å². The van der Waals surface area contributed by atoms with Crippen LogP contribution in [0.25, 0.3) is 10.4 Å². The number of hydrogen-bond acceptors (Lipinski definition) is 4. The van der Waals surface area contributed by atoms with Gasteiger partial charge in [0.15, 0.2) is 5.69 Å². The molecule has 0 radical (unpaired) electrons. The summed E-state index contributed by atoms with van der Waals surface area (Å²) in [6.07, 6.45) is 2.37. The van der Waals surface area contributed by atoms with E-state index in [0.717, 1.165) is 15.4 Å². The Balaban J connectivity index is 2.08. The zero-order valence-electron chi connectivity index (χ0n) is 10.1. The lowest BCUT2D eigenvalue weighted by molar-refractivity contribution is 0.0595. The highest BCUT2D eigenvalue weighted by Gasteiger charge is 2.30. The Labute approximate surface area is 109 Å². The Morgan fingerprint density at radius 2 is 2.06 bits per heavy atom. The van der Waals surface area contributed by atoms with Crippen molar-refractivity contribution < 1.29 is 9.53 Å². The van der Waals surface area contributed by atoms with Gasteiger partial charge < -0.3 is 4.74 Å². The molecule has 3 rings (SSSR count). The van der Waals surface area contributed by atoms with Crippen LogP contribution in [0.3, 0.4) is 0 Å². The molecule has 0 N–H and O–H groups in total. The summed E-state index contributed by atoms with van der Waals surface area (Å²) in [5.74, 6) is 0.202. The number of rotatable bonds is 3. The smallest absolute Gasteiger partial charge is 0.358 e. The van der Waals surface area contributed by atoms with Crippen molar-refractivity contribution in [1.82, 2.24) is 4.98 Å². The minimum atomic E-state index is -0.350. The number of benzene rings is 1. The summed E-state index contributed by atoms with van der Waals surface area (Å²) >= 11 is 1.61. The van der Waals surface area contributed by atoms with Gasteiger partial charge in [-0.2, -0.15) is 0 Å². The third kappa shape index (κ3) is 2.04. The second-order valence-electron chi connectivity index (χ2n) is 4.36. The van der Waals surface area contributed by atoms with Crippen LogP contribution < -0.4 is 0 Å². The van der Waals surface area contributed by atoms with Gasteiger partial charge in [-0.05, 0) is 18.4 Å².